The third-order valence-corrected chi connectivity index (χ3v) is 12.3. The molecule has 0 unspecified atom stereocenters. The molecule has 6 rings (SSSR count). The number of nitrogens with zero attached hydrogens (tertiary/aromatic N) is 3. The van der Waals surface area contributed by atoms with Crippen molar-refractivity contribution in [3.05, 3.63) is 108 Å². The van der Waals surface area contributed by atoms with Gasteiger partial charge in [0.2, 0.25) is 17.7 Å². The summed E-state index contributed by atoms with van der Waals surface area (Å²) in [6, 6.07) is 16.5. The Hall–Kier alpha value is -7.45. The van der Waals surface area contributed by atoms with Gasteiger partial charge < -0.3 is 47.6 Å². The number of carbonyl (C=O) groups excluding carboxylic acids is 7. The van der Waals surface area contributed by atoms with Crippen LogP contribution in [0.1, 0.15) is 76.0 Å². The van der Waals surface area contributed by atoms with Crippen molar-refractivity contribution in [3.8, 4) is 0 Å². The molecule has 12 N–H and O–H groups in total. The summed E-state index contributed by atoms with van der Waals surface area (Å²) in [6.45, 7) is 7.05. The largest absolute Gasteiger partial charge is 0.368 e. The number of amides is 9. The second-order valence-corrected chi connectivity index (χ2v) is 17.8. The van der Waals surface area contributed by atoms with Gasteiger partial charge in [-0.15, -0.1) is 0 Å². The van der Waals surface area contributed by atoms with Gasteiger partial charge in [-0.2, -0.15) is 0 Å². The molecule has 70 heavy (non-hydrogen) atoms. The van der Waals surface area contributed by atoms with Crippen LogP contribution in [0, 0.1) is 0 Å². The van der Waals surface area contributed by atoms with Gasteiger partial charge in [0.05, 0.1) is 12.6 Å². The molecule has 9 amide bonds. The number of H-pyrrole nitrogens is 2. The normalized spacial score (nSPS) is 20.8. The number of benzene rings is 3. The van der Waals surface area contributed by atoms with Crippen LogP contribution in [0.4, 0.5) is 9.59 Å². The first kappa shape index (κ1) is 51.9. The summed E-state index contributed by atoms with van der Waals surface area (Å²) < 4.78 is 0. The van der Waals surface area contributed by atoms with Gasteiger partial charge in [0, 0.05) is 53.6 Å². The number of primary amides is 1. The maximum absolute atomic E-state index is 14.5. The molecule has 1 aliphatic heterocycles. The van der Waals surface area contributed by atoms with Crippen molar-refractivity contribution in [3.63, 3.8) is 0 Å². The average molecular weight is 962 g/mol. The summed E-state index contributed by atoms with van der Waals surface area (Å²) in [5.41, 5.74) is 20.7. The monoisotopic (exact) mass is 962 g/mol. The molecule has 2 aromatic heterocycles. The number of fused-ring (bicyclic) bond motifs is 2. The number of hydrazine groups is 2. The van der Waals surface area contributed by atoms with Gasteiger partial charge in [0.1, 0.15) is 24.2 Å². The molecule has 20 nitrogen and oxygen atoms in total. The fraction of sp³-hybridized carbons (Fsp3) is 0.420. The first-order valence-corrected chi connectivity index (χ1v) is 24.0. The maximum atomic E-state index is 14.5. The van der Waals surface area contributed by atoms with Crippen molar-refractivity contribution in [1.82, 2.24) is 57.0 Å². The highest BCUT2D eigenvalue weighted by Gasteiger charge is 2.32. The smallest absolute Gasteiger partial charge is 0.337 e. The van der Waals surface area contributed by atoms with Crippen LogP contribution >= 0.6 is 0 Å². The van der Waals surface area contributed by atoms with Crippen molar-refractivity contribution >= 4 is 63.4 Å². The van der Waals surface area contributed by atoms with Gasteiger partial charge in [-0.05, 0) is 101 Å². The number of carbonyl (C=O) groups is 7. The third kappa shape index (κ3) is 14.5. The van der Waals surface area contributed by atoms with Crippen LogP contribution in [0.2, 0.25) is 0 Å². The number of nitrogens with one attached hydrogen (secondary N) is 8. The fourth-order valence-corrected chi connectivity index (χ4v) is 8.39. The second kappa shape index (κ2) is 25.2. The standard InChI is InChI=1S/C50H67N13O7/c1-4-23-61-24-13-12-22-41(44(52)64)56-48(68)42(27-34-16-6-5-7-17-34)57-50(70)63(31-36-30-54-40-21-11-9-19-38(36)40)60-46(66)33(3)55-47(67)43(28-35-29-53-39-20-10-8-18-37(35)39)58-49(69)62(26-15-14-25-61)59-45(65)32(2)51/h5-11,16-21,29-30,32-33,41-43,53-54H,4,12-15,22-28,31,51H2,1-3H3,(H2,52,64)(H,55,67)(H,56,68)(H,57,70)(H,58,69)(H,59,65)(H,60,66)/t32-,33+,41+,42-,43-/m1/s1. The first-order valence-electron chi connectivity index (χ1n) is 24.0. The molecule has 20 heteroatoms. The topological polar surface area (TPSA) is 285 Å². The van der Waals surface area contributed by atoms with Crippen molar-refractivity contribution < 1.29 is 33.6 Å². The average Bonchev–Trinajstić information content (AvgIpc) is 3.95. The molecule has 5 atom stereocenters. The number of rotatable bonds is 11. The molecule has 1 aliphatic rings. The number of urea groups is 2. The van der Waals surface area contributed by atoms with Gasteiger partial charge in [-0.3, -0.25) is 34.8 Å². The predicted octanol–water partition coefficient (Wildman–Crippen LogP) is 2.96. The minimum Gasteiger partial charge on any atom is -0.368 e. The van der Waals surface area contributed by atoms with Gasteiger partial charge in [-0.25, -0.2) is 19.6 Å². The van der Waals surface area contributed by atoms with E-state index in [1.807, 2.05) is 54.6 Å². The SMILES string of the molecule is CCCN1CCCC[C@@H](C(N)=O)NC(=O)[C@@H](Cc2ccccc2)NC(=O)N(Cc2c[nH]c3ccccc23)NC(=O)[C@H](C)NC(=O)[C@@H](Cc2c[nH]c3ccccc23)NC(=O)N(NC(=O)[C@@H](C)N)CCCC1. The highest BCUT2D eigenvalue weighted by molar-refractivity contribution is 5.95. The van der Waals surface area contributed by atoms with Crippen molar-refractivity contribution in [2.45, 2.75) is 109 Å². The number of para-hydroxylation sites is 2. The van der Waals surface area contributed by atoms with Crippen LogP contribution in [0.15, 0.2) is 91.3 Å². The van der Waals surface area contributed by atoms with Crippen LogP contribution in [0.5, 0.6) is 0 Å². The third-order valence-electron chi connectivity index (χ3n) is 12.3. The molecule has 0 radical (unpaired) electrons. The van der Waals surface area contributed by atoms with Gasteiger partial charge in [0.25, 0.3) is 11.8 Å². The van der Waals surface area contributed by atoms with E-state index in [0.29, 0.717) is 49.9 Å². The number of aromatic nitrogens is 2. The van der Waals surface area contributed by atoms with E-state index in [-0.39, 0.29) is 32.4 Å². The minimum atomic E-state index is -1.29. The molecule has 0 bridgehead atoms. The zero-order chi connectivity index (χ0) is 50.2. The zero-order valence-electron chi connectivity index (χ0n) is 40.1. The van der Waals surface area contributed by atoms with E-state index in [0.717, 1.165) is 50.4 Å². The van der Waals surface area contributed by atoms with E-state index in [1.165, 1.54) is 13.8 Å². The van der Waals surface area contributed by atoms with E-state index >= 15 is 0 Å². The fourth-order valence-electron chi connectivity index (χ4n) is 8.39. The number of nitrogens with two attached hydrogens (primary N) is 2. The Bertz CT molecular complexity index is 2580. The molecule has 0 spiro atoms. The lowest BCUT2D eigenvalue weighted by Crippen LogP contribution is -2.61. The highest BCUT2D eigenvalue weighted by atomic mass is 16.2. The Morgan fingerprint density at radius 1 is 0.700 bits per heavy atom. The Morgan fingerprint density at radius 3 is 1.93 bits per heavy atom. The van der Waals surface area contributed by atoms with E-state index in [1.54, 1.807) is 36.7 Å². The van der Waals surface area contributed by atoms with Gasteiger partial charge in [-0.1, -0.05) is 73.7 Å². The number of aromatic amines is 2. The van der Waals surface area contributed by atoms with E-state index in [2.05, 4.69) is 53.9 Å². The molecule has 1 saturated heterocycles. The van der Waals surface area contributed by atoms with E-state index < -0.39 is 71.8 Å². The van der Waals surface area contributed by atoms with E-state index in [4.69, 9.17) is 11.5 Å². The Kier molecular flexibility index (Phi) is 18.7. The second-order valence-electron chi connectivity index (χ2n) is 17.8. The molecule has 0 saturated carbocycles. The zero-order valence-corrected chi connectivity index (χ0v) is 40.1. The number of hydrogen-bond acceptors (Lipinski definition) is 9. The van der Waals surface area contributed by atoms with Crippen LogP contribution in [0.25, 0.3) is 21.8 Å². The Labute approximate surface area is 407 Å². The molecule has 3 heterocycles. The van der Waals surface area contributed by atoms with Crippen molar-refractivity contribution in [2.24, 2.45) is 11.5 Å². The first-order chi connectivity index (χ1) is 33.7. The lowest BCUT2D eigenvalue weighted by atomic mass is 10.0. The number of hydrogen-bond donors (Lipinski definition) is 10. The summed E-state index contributed by atoms with van der Waals surface area (Å²) in [4.78, 5) is 106. The molecule has 3 aromatic carbocycles. The van der Waals surface area contributed by atoms with Gasteiger partial charge in [0.15, 0.2) is 0 Å². The summed E-state index contributed by atoms with van der Waals surface area (Å²) in [5, 5.41) is 14.8. The van der Waals surface area contributed by atoms with Gasteiger partial charge >= 0.3 is 12.1 Å². The lowest BCUT2D eigenvalue weighted by Gasteiger charge is -2.29. The van der Waals surface area contributed by atoms with E-state index in [9.17, 15) is 33.6 Å². The highest BCUT2D eigenvalue weighted by Crippen LogP contribution is 2.21. The van der Waals surface area contributed by atoms with Crippen LogP contribution in [-0.2, 0) is 43.4 Å². The minimum absolute atomic E-state index is 0.00640. The van der Waals surface area contributed by atoms with Crippen molar-refractivity contribution in [2.75, 3.05) is 26.2 Å². The molecule has 5 aromatic rings. The molecule has 0 aliphatic carbocycles. The maximum Gasteiger partial charge on any atom is 0.337 e. The Balaban J connectivity index is 1.33. The van der Waals surface area contributed by atoms with Crippen LogP contribution < -0.4 is 43.6 Å². The quantitative estimate of drug-likeness (QED) is 0.0931. The summed E-state index contributed by atoms with van der Waals surface area (Å²) >= 11 is 0. The predicted molar refractivity (Wildman–Crippen MR) is 266 cm³/mol. The summed E-state index contributed by atoms with van der Waals surface area (Å²) in [6.07, 6.45) is 6.97. The lowest BCUT2D eigenvalue weighted by molar-refractivity contribution is -0.132. The molecule has 1 fully saturated rings. The summed E-state index contributed by atoms with van der Waals surface area (Å²) in [7, 11) is 0. The van der Waals surface area contributed by atoms with Crippen molar-refractivity contribution in [1.29, 1.82) is 0 Å². The molecular formula is C50H67N13O7. The van der Waals surface area contributed by atoms with Crippen LogP contribution in [-0.4, -0.2) is 123 Å². The molecular weight excluding hydrogens is 895 g/mol. The summed E-state index contributed by atoms with van der Waals surface area (Å²) in [5.74, 6) is -3.50. The molecule has 374 valence electrons. The van der Waals surface area contributed by atoms with Crippen LogP contribution in [0.3, 0.4) is 0 Å². The Morgan fingerprint density at radius 2 is 1.27 bits per heavy atom.